The molecule has 1 heterocycles. The molecule has 4 nitrogen and oxygen atoms in total. The molecular weight excluding hydrogens is 316 g/mol. The van der Waals surface area contributed by atoms with Crippen LogP contribution in [0.5, 0.6) is 5.75 Å². The Hall–Kier alpha value is -2.59. The van der Waals surface area contributed by atoms with E-state index in [-0.39, 0.29) is 5.63 Å². The first kappa shape index (κ1) is 17.2. The highest BCUT2D eigenvalue weighted by atomic mass is 16.5. The summed E-state index contributed by atoms with van der Waals surface area (Å²) in [7, 11) is 0. The zero-order valence-electron chi connectivity index (χ0n) is 14.4. The van der Waals surface area contributed by atoms with E-state index in [1.54, 1.807) is 6.07 Å². The number of hydrogen-bond donors (Lipinski definition) is 0. The van der Waals surface area contributed by atoms with Crippen molar-refractivity contribution in [3.8, 4) is 16.9 Å². The molecule has 2 aromatic carbocycles. The second-order valence-electron chi connectivity index (χ2n) is 5.85. The number of unbranched alkanes of at least 4 members (excludes halogenated alkanes) is 1. The summed E-state index contributed by atoms with van der Waals surface area (Å²) < 4.78 is 16.3. The Kier molecular flexibility index (Phi) is 5.86. The predicted octanol–water partition coefficient (Wildman–Crippen LogP) is 4.66. The van der Waals surface area contributed by atoms with Gasteiger partial charge in [-0.3, -0.25) is 0 Å². The van der Waals surface area contributed by atoms with Gasteiger partial charge in [-0.1, -0.05) is 31.5 Å². The molecule has 0 saturated carbocycles. The molecule has 0 radical (unpaired) electrons. The van der Waals surface area contributed by atoms with Crippen molar-refractivity contribution in [1.82, 2.24) is 0 Å². The van der Waals surface area contributed by atoms with Crippen LogP contribution in [0.4, 0.5) is 0 Å². The molecule has 3 rings (SSSR count). The minimum absolute atomic E-state index is 0.333. The van der Waals surface area contributed by atoms with Crippen LogP contribution in [0.1, 0.15) is 19.8 Å². The van der Waals surface area contributed by atoms with Crippen molar-refractivity contribution >= 4 is 11.0 Å². The average Bonchev–Trinajstić information content (AvgIpc) is 2.64. The molecule has 0 unspecified atom stereocenters. The monoisotopic (exact) mass is 338 g/mol. The fraction of sp³-hybridized carbons (Fsp3) is 0.286. The van der Waals surface area contributed by atoms with Crippen LogP contribution < -0.4 is 10.4 Å². The maximum atomic E-state index is 11.2. The average molecular weight is 338 g/mol. The molecule has 0 aliphatic heterocycles. The summed E-state index contributed by atoms with van der Waals surface area (Å²) in [5.41, 5.74) is 2.41. The van der Waals surface area contributed by atoms with Crippen molar-refractivity contribution in [2.45, 2.75) is 19.8 Å². The first-order valence-corrected chi connectivity index (χ1v) is 8.61. The van der Waals surface area contributed by atoms with Crippen LogP contribution in [0.2, 0.25) is 0 Å². The SMILES string of the molecule is CCCCOCCOc1ccc(-c2ccc3oc(=O)ccc3c2)cc1. The number of hydrogen-bond acceptors (Lipinski definition) is 4. The molecule has 1 aromatic heterocycles. The summed E-state index contributed by atoms with van der Waals surface area (Å²) in [4.78, 5) is 11.2. The topological polar surface area (TPSA) is 48.7 Å². The quantitative estimate of drug-likeness (QED) is 0.443. The van der Waals surface area contributed by atoms with Gasteiger partial charge < -0.3 is 13.9 Å². The van der Waals surface area contributed by atoms with Crippen molar-refractivity contribution in [2.24, 2.45) is 0 Å². The van der Waals surface area contributed by atoms with E-state index in [1.807, 2.05) is 42.5 Å². The smallest absolute Gasteiger partial charge is 0.336 e. The van der Waals surface area contributed by atoms with Gasteiger partial charge in [-0.2, -0.15) is 0 Å². The summed E-state index contributed by atoms with van der Waals surface area (Å²) >= 11 is 0. The molecule has 0 aliphatic carbocycles. The van der Waals surface area contributed by atoms with Crippen LogP contribution >= 0.6 is 0 Å². The van der Waals surface area contributed by atoms with E-state index >= 15 is 0 Å². The molecule has 0 bridgehead atoms. The lowest BCUT2D eigenvalue weighted by Crippen LogP contribution is -2.07. The van der Waals surface area contributed by atoms with E-state index in [2.05, 4.69) is 6.92 Å². The van der Waals surface area contributed by atoms with E-state index in [0.717, 1.165) is 41.7 Å². The highest BCUT2D eigenvalue weighted by molar-refractivity contribution is 5.82. The molecule has 0 amide bonds. The molecule has 0 aliphatic rings. The van der Waals surface area contributed by atoms with Crippen molar-refractivity contribution < 1.29 is 13.9 Å². The minimum Gasteiger partial charge on any atom is -0.491 e. The first-order chi connectivity index (χ1) is 12.3. The third-order valence-electron chi connectivity index (χ3n) is 3.95. The van der Waals surface area contributed by atoms with Gasteiger partial charge in [-0.25, -0.2) is 4.79 Å². The summed E-state index contributed by atoms with van der Waals surface area (Å²) in [6.07, 6.45) is 2.23. The molecule has 0 N–H and O–H groups in total. The Bertz CT molecular complexity index is 865. The maximum Gasteiger partial charge on any atom is 0.336 e. The van der Waals surface area contributed by atoms with Gasteiger partial charge in [0, 0.05) is 18.1 Å². The highest BCUT2D eigenvalue weighted by Crippen LogP contribution is 2.25. The van der Waals surface area contributed by atoms with Gasteiger partial charge in [0.1, 0.15) is 17.9 Å². The van der Waals surface area contributed by atoms with Crippen molar-refractivity contribution in [3.63, 3.8) is 0 Å². The largest absolute Gasteiger partial charge is 0.491 e. The number of ether oxygens (including phenoxy) is 2. The Labute approximate surface area is 147 Å². The van der Waals surface area contributed by atoms with Gasteiger partial charge in [-0.15, -0.1) is 0 Å². The van der Waals surface area contributed by atoms with Crippen LogP contribution in [-0.2, 0) is 4.74 Å². The summed E-state index contributed by atoms with van der Waals surface area (Å²) in [6.45, 7) is 4.10. The van der Waals surface area contributed by atoms with Crippen LogP contribution in [0.25, 0.3) is 22.1 Å². The Morgan fingerprint density at radius 3 is 2.48 bits per heavy atom. The van der Waals surface area contributed by atoms with Crippen LogP contribution in [0.3, 0.4) is 0 Å². The van der Waals surface area contributed by atoms with Gasteiger partial charge >= 0.3 is 5.63 Å². The van der Waals surface area contributed by atoms with Crippen LogP contribution in [0.15, 0.2) is 63.8 Å². The molecule has 0 spiro atoms. The van der Waals surface area contributed by atoms with Crippen LogP contribution in [0, 0.1) is 0 Å². The molecule has 0 atom stereocenters. The zero-order chi connectivity index (χ0) is 17.5. The van der Waals surface area contributed by atoms with E-state index in [9.17, 15) is 4.79 Å². The molecule has 25 heavy (non-hydrogen) atoms. The van der Waals surface area contributed by atoms with Crippen LogP contribution in [-0.4, -0.2) is 19.8 Å². The Balaban J connectivity index is 1.62. The molecule has 0 fully saturated rings. The van der Waals surface area contributed by atoms with E-state index in [0.29, 0.717) is 18.8 Å². The summed E-state index contributed by atoms with van der Waals surface area (Å²) in [5.74, 6) is 0.828. The molecular formula is C21H22O4. The van der Waals surface area contributed by atoms with E-state index in [1.165, 1.54) is 6.07 Å². The Morgan fingerprint density at radius 1 is 0.880 bits per heavy atom. The van der Waals surface area contributed by atoms with E-state index < -0.39 is 0 Å². The molecule has 4 heteroatoms. The maximum absolute atomic E-state index is 11.2. The van der Waals surface area contributed by atoms with Gasteiger partial charge in [0.05, 0.1) is 6.61 Å². The zero-order valence-corrected chi connectivity index (χ0v) is 14.4. The van der Waals surface area contributed by atoms with Gasteiger partial charge in [0.25, 0.3) is 0 Å². The van der Waals surface area contributed by atoms with Crippen molar-refractivity contribution in [2.75, 3.05) is 19.8 Å². The number of fused-ring (bicyclic) bond motifs is 1. The second kappa shape index (κ2) is 8.49. The lowest BCUT2D eigenvalue weighted by molar-refractivity contribution is 0.0981. The Morgan fingerprint density at radius 2 is 1.68 bits per heavy atom. The predicted molar refractivity (Wildman–Crippen MR) is 99.1 cm³/mol. The van der Waals surface area contributed by atoms with Crippen molar-refractivity contribution in [3.05, 3.63) is 65.0 Å². The van der Waals surface area contributed by atoms with Crippen molar-refractivity contribution in [1.29, 1.82) is 0 Å². The third-order valence-corrected chi connectivity index (χ3v) is 3.95. The fourth-order valence-corrected chi connectivity index (χ4v) is 2.56. The molecule has 3 aromatic rings. The second-order valence-corrected chi connectivity index (χ2v) is 5.85. The number of benzene rings is 2. The van der Waals surface area contributed by atoms with Gasteiger partial charge in [0.2, 0.25) is 0 Å². The standard InChI is InChI=1S/C21H22O4/c1-2-3-12-23-13-14-24-19-8-4-16(5-9-19)17-6-10-20-18(15-17)7-11-21(22)25-20/h4-11,15H,2-3,12-14H2,1H3. The van der Waals surface area contributed by atoms with Gasteiger partial charge in [0.15, 0.2) is 0 Å². The normalized spacial score (nSPS) is 10.9. The first-order valence-electron chi connectivity index (χ1n) is 8.61. The lowest BCUT2D eigenvalue weighted by Gasteiger charge is -2.08. The minimum atomic E-state index is -0.333. The number of rotatable bonds is 8. The highest BCUT2D eigenvalue weighted by Gasteiger charge is 2.03. The third kappa shape index (κ3) is 4.70. The fourth-order valence-electron chi connectivity index (χ4n) is 2.56. The van der Waals surface area contributed by atoms with E-state index in [4.69, 9.17) is 13.9 Å². The summed E-state index contributed by atoms with van der Waals surface area (Å²) in [6, 6.07) is 16.9. The molecule has 0 saturated heterocycles. The summed E-state index contributed by atoms with van der Waals surface area (Å²) in [5, 5.41) is 0.904. The van der Waals surface area contributed by atoms with Gasteiger partial charge in [-0.05, 0) is 47.9 Å². The lowest BCUT2D eigenvalue weighted by atomic mass is 10.0. The molecule has 130 valence electrons.